The Morgan fingerprint density at radius 2 is 1.24 bits per heavy atom. The standard InChI is InChI=1S/C19H12O11S2.C10H12O2.C7H6O7S2.2Na/c20-12-4-10-16(6-14(12)22)30-17-7-15(23)13(21)5-11(17)19(10)9-2-1-8(31(24,25)26)3-18(9)32(27,28)29;1-7-4-5-10(6-8(7)2)12-9(3)11;8-4-5-1-2-6(15(9,10)11)3-7(5)16(12,13)14;;/h1-7,20-22H,(H,24,25,26)(H,27,28,29);4-6H,1-3H3;1-4H,(H,9,10,11)(H,12,13,14);;/q;;;2*+1/p-2. The molecule has 0 bridgehead atoms. The Kier molecular flexibility index (Phi) is 17.8. The monoisotopic (exact) mass is 954 g/mol. The van der Waals surface area contributed by atoms with Gasteiger partial charge in [0.25, 0.3) is 20.2 Å². The molecule has 1 heterocycles. The summed E-state index contributed by atoms with van der Waals surface area (Å²) in [6.45, 7) is 5.41. The summed E-state index contributed by atoms with van der Waals surface area (Å²) in [6, 6.07) is 13.7. The Labute approximate surface area is 396 Å². The van der Waals surface area contributed by atoms with Crippen LogP contribution in [-0.4, -0.2) is 79.5 Å². The molecule has 318 valence electrons. The number of aldehydes is 1. The van der Waals surface area contributed by atoms with Crippen LogP contribution in [0.25, 0.3) is 33.4 Å². The molecular weight excluding hydrogens is 927 g/mol. The number of fused-ring (bicyclic) bond motifs is 2. The Bertz CT molecular complexity index is 3200. The molecule has 1 aliphatic heterocycles. The average Bonchev–Trinajstić information content (AvgIpc) is 3.12. The van der Waals surface area contributed by atoms with Gasteiger partial charge < -0.3 is 33.6 Å². The van der Waals surface area contributed by atoms with Gasteiger partial charge in [-0.15, -0.1) is 0 Å². The third-order valence-corrected chi connectivity index (χ3v) is 11.6. The molecule has 4 aromatic rings. The maximum atomic E-state index is 12.1. The summed E-state index contributed by atoms with van der Waals surface area (Å²) in [6.07, 6.45) is 0.0754. The van der Waals surface area contributed by atoms with E-state index in [2.05, 4.69) is 0 Å². The molecule has 6 rings (SSSR count). The average molecular weight is 955 g/mol. The van der Waals surface area contributed by atoms with Crippen molar-refractivity contribution in [2.24, 2.45) is 0 Å². The number of hydrogen-bond donors (Lipinski definition) is 5. The van der Waals surface area contributed by atoms with Crippen molar-refractivity contribution < 1.29 is 145 Å². The van der Waals surface area contributed by atoms with Gasteiger partial charge in [-0.2, -0.15) is 16.8 Å². The summed E-state index contributed by atoms with van der Waals surface area (Å²) in [4.78, 5) is 29.2. The van der Waals surface area contributed by atoms with Gasteiger partial charge in [-0.25, -0.2) is 16.8 Å². The fourth-order valence-corrected chi connectivity index (χ4v) is 7.78. The first kappa shape index (κ1) is 53.9. The number of phenols is 3. The Morgan fingerprint density at radius 1 is 0.661 bits per heavy atom. The molecule has 0 unspecified atom stereocenters. The smallest absolute Gasteiger partial charge is 0.744 e. The van der Waals surface area contributed by atoms with Crippen LogP contribution in [0, 0.1) is 13.8 Å². The van der Waals surface area contributed by atoms with Crippen LogP contribution in [0.4, 0.5) is 0 Å². The summed E-state index contributed by atoms with van der Waals surface area (Å²) in [5.41, 5.74) is 0.445. The minimum Gasteiger partial charge on any atom is -0.744 e. The Hall–Kier alpha value is -4.25. The molecule has 2 aliphatic rings. The second-order valence-corrected chi connectivity index (χ2v) is 17.8. The first-order chi connectivity index (χ1) is 27.5. The molecule has 0 fully saturated rings. The summed E-state index contributed by atoms with van der Waals surface area (Å²) in [7, 11) is -19.8. The maximum Gasteiger partial charge on any atom is 1.00 e. The zero-order chi connectivity index (χ0) is 45.3. The molecule has 4 aromatic carbocycles. The summed E-state index contributed by atoms with van der Waals surface area (Å²) in [5, 5.41) is 29.7. The molecule has 20 nitrogen and oxygen atoms in total. The van der Waals surface area contributed by atoms with E-state index in [4.69, 9.17) is 9.15 Å². The molecule has 0 amide bonds. The van der Waals surface area contributed by atoms with Crippen LogP contribution >= 0.6 is 0 Å². The van der Waals surface area contributed by atoms with Crippen molar-refractivity contribution in [3.63, 3.8) is 0 Å². The predicted molar refractivity (Wildman–Crippen MR) is 204 cm³/mol. The van der Waals surface area contributed by atoms with Gasteiger partial charge in [0.2, 0.25) is 5.43 Å². The SMILES string of the molecule is CC(=O)Oc1ccc(C)c(C)c1.O=Cc1ccc(S(=O)(=O)[O-])cc1S(=O)(=O)[O-].O=c1cc2oc3cc(O)c(O)cc3c(-c3ccc(S(=O)(=O)O)cc3S(=O)(=O)O)c-2cc1O.[Na+].[Na+]. The van der Waals surface area contributed by atoms with E-state index in [9.17, 15) is 81.6 Å². The van der Waals surface area contributed by atoms with Crippen molar-refractivity contribution >= 4 is 63.7 Å². The Morgan fingerprint density at radius 3 is 1.76 bits per heavy atom. The minimum absolute atomic E-state index is 0. The quantitative estimate of drug-likeness (QED) is 0.0214. The van der Waals surface area contributed by atoms with E-state index in [0.29, 0.717) is 17.9 Å². The predicted octanol–water partition coefficient (Wildman–Crippen LogP) is -2.28. The zero-order valence-corrected chi connectivity index (χ0v) is 39.8. The molecule has 0 radical (unpaired) electrons. The van der Waals surface area contributed by atoms with Crippen LogP contribution in [0.5, 0.6) is 23.0 Å². The van der Waals surface area contributed by atoms with Crippen LogP contribution in [0.1, 0.15) is 28.4 Å². The van der Waals surface area contributed by atoms with E-state index in [1.54, 1.807) is 6.07 Å². The second kappa shape index (κ2) is 20.5. The van der Waals surface area contributed by atoms with Gasteiger partial charge in [0.05, 0.1) is 14.7 Å². The molecule has 26 heteroatoms. The van der Waals surface area contributed by atoms with E-state index >= 15 is 0 Å². The van der Waals surface area contributed by atoms with E-state index in [0.717, 1.165) is 54.1 Å². The third kappa shape index (κ3) is 13.1. The fourth-order valence-electron chi connectivity index (χ4n) is 5.23. The molecule has 0 atom stereocenters. The summed E-state index contributed by atoms with van der Waals surface area (Å²) in [5.74, 6) is -1.76. The van der Waals surface area contributed by atoms with E-state index in [-0.39, 0.29) is 105 Å². The molecule has 0 spiro atoms. The number of aryl methyl sites for hydroxylation is 2. The summed E-state index contributed by atoms with van der Waals surface area (Å²) < 4.78 is 140. The second-order valence-electron chi connectivity index (χ2n) is 12.3. The Balaban J connectivity index is 0.000000368. The van der Waals surface area contributed by atoms with Crippen molar-refractivity contribution in [3.8, 4) is 45.4 Å². The molecule has 62 heavy (non-hydrogen) atoms. The maximum absolute atomic E-state index is 12.1. The third-order valence-electron chi connectivity index (χ3n) is 8.10. The molecule has 0 aromatic heterocycles. The van der Waals surface area contributed by atoms with Crippen LogP contribution < -0.4 is 69.3 Å². The summed E-state index contributed by atoms with van der Waals surface area (Å²) >= 11 is 0. The van der Waals surface area contributed by atoms with Crippen molar-refractivity contribution in [1.29, 1.82) is 0 Å². The molecule has 1 aliphatic carbocycles. The van der Waals surface area contributed by atoms with Crippen molar-refractivity contribution in [2.45, 2.75) is 40.4 Å². The fraction of sp³-hybridized carbons (Fsp3) is 0.0833. The van der Waals surface area contributed by atoms with Gasteiger partial charge in [0.15, 0.2) is 23.5 Å². The first-order valence-corrected chi connectivity index (χ1v) is 21.7. The number of carbonyl (C=O) groups is 2. The largest absolute Gasteiger partial charge is 1.00 e. The number of aromatic hydroxyl groups is 3. The van der Waals surface area contributed by atoms with Crippen LogP contribution in [0.3, 0.4) is 0 Å². The van der Waals surface area contributed by atoms with Gasteiger partial charge in [-0.3, -0.25) is 23.5 Å². The van der Waals surface area contributed by atoms with Crippen LogP contribution in [0.15, 0.2) is 108 Å². The number of benzene rings is 5. The van der Waals surface area contributed by atoms with Gasteiger partial charge in [0.1, 0.15) is 42.2 Å². The normalized spacial score (nSPS) is 11.5. The molecular formula is C36H28Na2O20S4. The van der Waals surface area contributed by atoms with Crippen molar-refractivity contribution in [1.82, 2.24) is 0 Å². The van der Waals surface area contributed by atoms with E-state index in [1.807, 2.05) is 26.0 Å². The van der Waals surface area contributed by atoms with Gasteiger partial charge in [-0.1, -0.05) is 12.1 Å². The number of rotatable bonds is 7. The van der Waals surface area contributed by atoms with Gasteiger partial charge >= 0.3 is 65.1 Å². The van der Waals surface area contributed by atoms with Gasteiger partial charge in [0, 0.05) is 46.7 Å². The number of carbonyl (C=O) groups excluding carboxylic acids is 2. The zero-order valence-electron chi connectivity index (χ0n) is 32.6. The molecule has 5 N–H and O–H groups in total. The van der Waals surface area contributed by atoms with Crippen molar-refractivity contribution in [3.05, 3.63) is 106 Å². The molecule has 0 saturated heterocycles. The molecule has 0 saturated carbocycles. The topological polar surface area (TPSA) is 357 Å². The van der Waals surface area contributed by atoms with Crippen LogP contribution in [0.2, 0.25) is 0 Å². The minimum atomic E-state index is -5.08. The van der Waals surface area contributed by atoms with E-state index < -0.39 is 88.3 Å². The van der Waals surface area contributed by atoms with Gasteiger partial charge in [-0.05, 0) is 79.6 Å². The number of phenolic OH excluding ortho intramolecular Hbond substituents is 3. The number of ether oxygens (including phenoxy) is 1. The van der Waals surface area contributed by atoms with E-state index in [1.165, 1.54) is 12.5 Å². The first-order valence-electron chi connectivity index (χ1n) is 16.0. The van der Waals surface area contributed by atoms with Crippen LogP contribution in [-0.2, 0) is 45.3 Å². The number of esters is 1. The van der Waals surface area contributed by atoms with Crippen molar-refractivity contribution in [2.75, 3.05) is 0 Å². The number of hydrogen-bond acceptors (Lipinski definition) is 18.